The van der Waals surface area contributed by atoms with Crippen molar-refractivity contribution in [3.8, 4) is 17.2 Å². The lowest BCUT2D eigenvalue weighted by atomic mass is 10.1. The Bertz CT molecular complexity index is 994. The van der Waals surface area contributed by atoms with E-state index in [-0.39, 0.29) is 0 Å². The fraction of sp³-hybridized carbons (Fsp3) is 0.250. The molecule has 0 aliphatic heterocycles. The number of carbonyl (C=O) groups excluding carboxylic acids is 1. The molecule has 30 heavy (non-hydrogen) atoms. The Labute approximate surface area is 175 Å². The third-order valence-corrected chi connectivity index (χ3v) is 4.42. The van der Waals surface area contributed by atoms with Crippen LogP contribution >= 0.6 is 0 Å². The van der Waals surface area contributed by atoms with Crippen LogP contribution in [-0.2, 0) is 16.0 Å². The molecule has 1 N–H and O–H groups in total. The van der Waals surface area contributed by atoms with Crippen LogP contribution in [0.4, 0.5) is 0 Å². The van der Waals surface area contributed by atoms with Gasteiger partial charge in [-0.2, -0.15) is 0 Å². The number of ether oxygens (including phenoxy) is 2. The first kappa shape index (κ1) is 21.3. The van der Waals surface area contributed by atoms with Crippen molar-refractivity contribution in [2.45, 2.75) is 26.4 Å². The molecule has 156 valence electrons. The molecule has 1 heterocycles. The summed E-state index contributed by atoms with van der Waals surface area (Å²) >= 11 is 0. The zero-order valence-electron chi connectivity index (χ0n) is 17.1. The standard InChI is InChI=1S/C24H25NO5/c1-3-28-23(27)13-12-22(26)19-10-7-11-20(16-19)29-15-14-21-17(2)30-24(25-21)18-8-5-4-6-9-18/h4-13,16,22,26H,3,14-15H2,1-2H3/b13-12+. The number of aliphatic hydroxyl groups excluding tert-OH is 1. The van der Waals surface area contributed by atoms with Crippen molar-refractivity contribution < 1.29 is 23.8 Å². The SMILES string of the molecule is CCOC(=O)/C=C/C(O)c1cccc(OCCc2nc(-c3ccccc3)oc2C)c1. The Hall–Kier alpha value is -3.38. The maximum absolute atomic E-state index is 11.4. The van der Waals surface area contributed by atoms with Crippen LogP contribution in [0.1, 0.15) is 30.0 Å². The number of oxazole rings is 1. The Kier molecular flexibility index (Phi) is 7.40. The summed E-state index contributed by atoms with van der Waals surface area (Å²) in [5, 5.41) is 10.2. The molecule has 6 nitrogen and oxygen atoms in total. The van der Waals surface area contributed by atoms with E-state index in [2.05, 4.69) is 4.98 Å². The molecule has 1 atom stereocenters. The van der Waals surface area contributed by atoms with Crippen LogP contribution in [0.25, 0.3) is 11.5 Å². The molecule has 1 aromatic heterocycles. The second-order valence-corrected chi connectivity index (χ2v) is 6.61. The summed E-state index contributed by atoms with van der Waals surface area (Å²) in [7, 11) is 0. The van der Waals surface area contributed by atoms with E-state index in [1.165, 1.54) is 12.2 Å². The van der Waals surface area contributed by atoms with Crippen LogP contribution in [0.2, 0.25) is 0 Å². The van der Waals surface area contributed by atoms with Gasteiger partial charge in [-0.25, -0.2) is 9.78 Å². The van der Waals surface area contributed by atoms with E-state index in [0.717, 1.165) is 17.0 Å². The van der Waals surface area contributed by atoms with Crippen molar-refractivity contribution in [3.63, 3.8) is 0 Å². The fourth-order valence-electron chi connectivity index (χ4n) is 2.89. The highest BCUT2D eigenvalue weighted by Gasteiger charge is 2.12. The molecule has 0 amide bonds. The van der Waals surface area contributed by atoms with Crippen molar-refractivity contribution in [1.29, 1.82) is 0 Å². The fourth-order valence-corrected chi connectivity index (χ4v) is 2.89. The number of hydrogen-bond acceptors (Lipinski definition) is 6. The normalized spacial score (nSPS) is 12.1. The van der Waals surface area contributed by atoms with Crippen molar-refractivity contribution in [2.75, 3.05) is 13.2 Å². The zero-order chi connectivity index (χ0) is 21.3. The predicted molar refractivity (Wildman–Crippen MR) is 113 cm³/mol. The van der Waals surface area contributed by atoms with Crippen molar-refractivity contribution in [2.24, 2.45) is 0 Å². The van der Waals surface area contributed by atoms with E-state index in [4.69, 9.17) is 13.9 Å². The van der Waals surface area contributed by atoms with Gasteiger partial charge in [0, 0.05) is 18.1 Å². The second-order valence-electron chi connectivity index (χ2n) is 6.61. The summed E-state index contributed by atoms with van der Waals surface area (Å²) in [5.74, 6) is 1.51. The topological polar surface area (TPSA) is 81.8 Å². The number of benzene rings is 2. The van der Waals surface area contributed by atoms with Gasteiger partial charge in [0.15, 0.2) is 0 Å². The minimum absolute atomic E-state index is 0.292. The summed E-state index contributed by atoms with van der Waals surface area (Å²) in [6.07, 6.45) is 2.28. The van der Waals surface area contributed by atoms with Crippen molar-refractivity contribution in [3.05, 3.63) is 83.8 Å². The van der Waals surface area contributed by atoms with Crippen molar-refractivity contribution in [1.82, 2.24) is 4.98 Å². The van der Waals surface area contributed by atoms with Crippen LogP contribution in [-0.4, -0.2) is 29.3 Å². The van der Waals surface area contributed by atoms with Crippen LogP contribution in [0.15, 0.2) is 71.2 Å². The van der Waals surface area contributed by atoms with E-state index in [1.54, 1.807) is 25.1 Å². The molecule has 0 radical (unpaired) electrons. The Morgan fingerprint density at radius 2 is 2.00 bits per heavy atom. The Balaban J connectivity index is 1.57. The van der Waals surface area contributed by atoms with E-state index in [1.807, 2.05) is 43.3 Å². The monoisotopic (exact) mass is 407 g/mol. The van der Waals surface area contributed by atoms with Gasteiger partial charge in [-0.15, -0.1) is 0 Å². The third kappa shape index (κ3) is 5.81. The molecule has 6 heteroatoms. The van der Waals surface area contributed by atoms with Gasteiger partial charge < -0.3 is 19.0 Å². The highest BCUT2D eigenvalue weighted by molar-refractivity contribution is 5.82. The van der Waals surface area contributed by atoms with Gasteiger partial charge >= 0.3 is 5.97 Å². The summed E-state index contributed by atoms with van der Waals surface area (Å²) in [5.41, 5.74) is 2.41. The molecule has 0 saturated heterocycles. The summed E-state index contributed by atoms with van der Waals surface area (Å²) in [4.78, 5) is 16.0. The molecular formula is C24H25NO5. The Morgan fingerprint density at radius 1 is 1.20 bits per heavy atom. The molecule has 2 aromatic carbocycles. The summed E-state index contributed by atoms with van der Waals surface area (Å²) in [6, 6.07) is 16.9. The van der Waals surface area contributed by atoms with Gasteiger partial charge in [-0.1, -0.05) is 30.3 Å². The number of aliphatic hydroxyl groups is 1. The minimum atomic E-state index is -0.927. The first-order chi connectivity index (χ1) is 14.6. The maximum atomic E-state index is 11.4. The van der Waals surface area contributed by atoms with E-state index in [9.17, 15) is 9.90 Å². The van der Waals surface area contributed by atoms with Gasteiger partial charge in [0.25, 0.3) is 0 Å². The second kappa shape index (κ2) is 10.4. The number of nitrogens with zero attached hydrogens (tertiary/aromatic N) is 1. The van der Waals surface area contributed by atoms with E-state index >= 15 is 0 Å². The molecule has 1 unspecified atom stereocenters. The quantitative estimate of drug-likeness (QED) is 0.418. The van der Waals surface area contributed by atoms with E-state index in [0.29, 0.717) is 36.8 Å². The van der Waals surface area contributed by atoms with Gasteiger partial charge in [0.05, 0.1) is 25.0 Å². The van der Waals surface area contributed by atoms with Crippen LogP contribution in [0.5, 0.6) is 5.75 Å². The minimum Gasteiger partial charge on any atom is -0.493 e. The van der Waals surface area contributed by atoms with Crippen molar-refractivity contribution >= 4 is 5.97 Å². The lowest BCUT2D eigenvalue weighted by Gasteiger charge is -2.10. The molecule has 0 saturated carbocycles. The molecule has 3 rings (SSSR count). The average Bonchev–Trinajstić information content (AvgIpc) is 3.14. The molecule has 0 spiro atoms. The zero-order valence-corrected chi connectivity index (χ0v) is 17.1. The number of esters is 1. The maximum Gasteiger partial charge on any atom is 0.330 e. The number of carbonyl (C=O) groups is 1. The number of hydrogen-bond donors (Lipinski definition) is 1. The molecular weight excluding hydrogens is 382 g/mol. The molecule has 0 aliphatic carbocycles. The molecule has 0 aliphatic rings. The number of aromatic nitrogens is 1. The molecule has 0 bridgehead atoms. The van der Waals surface area contributed by atoms with Gasteiger partial charge in [-0.3, -0.25) is 0 Å². The van der Waals surface area contributed by atoms with Gasteiger partial charge in [0.2, 0.25) is 5.89 Å². The van der Waals surface area contributed by atoms with E-state index < -0.39 is 12.1 Å². The highest BCUT2D eigenvalue weighted by Crippen LogP contribution is 2.23. The average molecular weight is 407 g/mol. The molecule has 3 aromatic rings. The lowest BCUT2D eigenvalue weighted by molar-refractivity contribution is -0.137. The largest absolute Gasteiger partial charge is 0.493 e. The lowest BCUT2D eigenvalue weighted by Crippen LogP contribution is -2.04. The van der Waals surface area contributed by atoms with Gasteiger partial charge in [0.1, 0.15) is 11.5 Å². The first-order valence-corrected chi connectivity index (χ1v) is 9.84. The summed E-state index contributed by atoms with van der Waals surface area (Å²) in [6.45, 7) is 4.33. The number of aryl methyl sites for hydroxylation is 1. The Morgan fingerprint density at radius 3 is 2.77 bits per heavy atom. The summed E-state index contributed by atoms with van der Waals surface area (Å²) < 4.78 is 16.4. The highest BCUT2D eigenvalue weighted by atomic mass is 16.5. The molecule has 0 fully saturated rings. The smallest absolute Gasteiger partial charge is 0.330 e. The van der Waals surface area contributed by atoms with Crippen LogP contribution in [0.3, 0.4) is 0 Å². The first-order valence-electron chi connectivity index (χ1n) is 9.84. The van der Waals surface area contributed by atoms with Gasteiger partial charge in [-0.05, 0) is 49.8 Å². The third-order valence-electron chi connectivity index (χ3n) is 4.42. The van der Waals surface area contributed by atoms with Crippen LogP contribution < -0.4 is 4.74 Å². The van der Waals surface area contributed by atoms with Crippen LogP contribution in [0, 0.1) is 6.92 Å². The number of rotatable bonds is 9. The predicted octanol–water partition coefficient (Wildman–Crippen LogP) is 4.42.